The first-order valence-corrected chi connectivity index (χ1v) is 10.5. The number of carbonyl (C=O) groups is 2. The van der Waals surface area contributed by atoms with E-state index in [4.69, 9.17) is 0 Å². The molecule has 0 aliphatic rings. The van der Waals surface area contributed by atoms with Gasteiger partial charge in [-0.2, -0.15) is 0 Å². The number of halogens is 1. The van der Waals surface area contributed by atoms with Gasteiger partial charge in [0.15, 0.2) is 11.0 Å². The summed E-state index contributed by atoms with van der Waals surface area (Å²) in [5, 5.41) is 24.7. The number of benzene rings is 2. The number of thioether (sulfide) groups is 1. The zero-order valence-corrected chi connectivity index (χ0v) is 17.8. The number of rotatable bonds is 9. The van der Waals surface area contributed by atoms with Gasteiger partial charge in [0.05, 0.1) is 17.2 Å². The number of nitrogens with one attached hydrogen (secondary N) is 2. The Labute approximate surface area is 186 Å². The van der Waals surface area contributed by atoms with Crippen molar-refractivity contribution in [3.63, 3.8) is 0 Å². The Hall–Kier alpha value is -3.80. The molecule has 0 aliphatic carbocycles. The summed E-state index contributed by atoms with van der Waals surface area (Å²) < 4.78 is 14.8. The summed E-state index contributed by atoms with van der Waals surface area (Å²) in [7, 11) is 0. The van der Waals surface area contributed by atoms with E-state index in [0.717, 1.165) is 0 Å². The number of carbonyl (C=O) groups excluding carboxylic acids is 2. The number of amides is 2. The highest BCUT2D eigenvalue weighted by Crippen LogP contribution is 2.19. The Morgan fingerprint density at radius 2 is 1.81 bits per heavy atom. The van der Waals surface area contributed by atoms with Crippen LogP contribution in [0, 0.1) is 15.9 Å². The minimum Gasteiger partial charge on any atom is -0.345 e. The number of anilines is 1. The number of nitrogens with zero attached hydrogens (tertiary/aromatic N) is 4. The van der Waals surface area contributed by atoms with E-state index >= 15 is 0 Å². The quantitative estimate of drug-likeness (QED) is 0.286. The molecule has 0 spiro atoms. The monoisotopic (exact) mass is 458 g/mol. The third-order valence-electron chi connectivity index (χ3n) is 4.32. The molecule has 32 heavy (non-hydrogen) atoms. The van der Waals surface area contributed by atoms with E-state index in [9.17, 15) is 24.1 Å². The van der Waals surface area contributed by atoms with Gasteiger partial charge < -0.3 is 15.2 Å². The van der Waals surface area contributed by atoms with E-state index in [-0.39, 0.29) is 29.8 Å². The molecule has 0 fully saturated rings. The molecule has 1 aromatic heterocycles. The van der Waals surface area contributed by atoms with Gasteiger partial charge in [-0.3, -0.25) is 19.7 Å². The number of non-ortho nitro benzene ring substituents is 1. The molecule has 0 saturated heterocycles. The van der Waals surface area contributed by atoms with E-state index in [0.29, 0.717) is 28.8 Å². The number of hydrogen-bond acceptors (Lipinski definition) is 7. The molecule has 10 nitrogen and oxygen atoms in total. The maximum Gasteiger partial charge on any atom is 0.269 e. The Balaban J connectivity index is 1.54. The summed E-state index contributed by atoms with van der Waals surface area (Å²) in [5.74, 6) is -0.530. The smallest absolute Gasteiger partial charge is 0.269 e. The van der Waals surface area contributed by atoms with Crippen LogP contribution in [-0.4, -0.2) is 37.3 Å². The molecule has 12 heteroatoms. The summed E-state index contributed by atoms with van der Waals surface area (Å²) in [6, 6.07) is 10.7. The van der Waals surface area contributed by atoms with E-state index in [2.05, 4.69) is 20.8 Å². The van der Waals surface area contributed by atoms with Gasteiger partial charge in [-0.25, -0.2) is 4.39 Å². The van der Waals surface area contributed by atoms with Crippen molar-refractivity contribution in [3.05, 3.63) is 75.9 Å². The molecule has 0 atom stereocenters. The zero-order valence-electron chi connectivity index (χ0n) is 16.9. The van der Waals surface area contributed by atoms with Gasteiger partial charge in [-0.15, -0.1) is 10.2 Å². The molecule has 166 valence electrons. The average Bonchev–Trinajstić information content (AvgIpc) is 3.18. The van der Waals surface area contributed by atoms with Crippen LogP contribution < -0.4 is 10.6 Å². The summed E-state index contributed by atoms with van der Waals surface area (Å²) >= 11 is 1.17. The van der Waals surface area contributed by atoms with Crippen LogP contribution in [0.25, 0.3) is 0 Å². The van der Waals surface area contributed by atoms with Crippen LogP contribution in [0.5, 0.6) is 0 Å². The molecule has 0 saturated carbocycles. The number of aromatic nitrogens is 3. The maximum atomic E-state index is 13.0. The van der Waals surface area contributed by atoms with Gasteiger partial charge in [0, 0.05) is 29.9 Å². The largest absolute Gasteiger partial charge is 0.345 e. The first kappa shape index (κ1) is 22.9. The number of hydrogen-bond donors (Lipinski definition) is 2. The van der Waals surface area contributed by atoms with Crippen molar-refractivity contribution in [1.29, 1.82) is 0 Å². The number of nitro benzene ring substituents is 1. The highest BCUT2D eigenvalue weighted by Gasteiger charge is 2.15. The van der Waals surface area contributed by atoms with Gasteiger partial charge in [0.1, 0.15) is 5.82 Å². The lowest BCUT2D eigenvalue weighted by molar-refractivity contribution is -0.384. The molecular formula is C20H19FN6O4S. The molecule has 0 unspecified atom stereocenters. The molecule has 3 aromatic rings. The standard InChI is InChI=1S/C20H19FN6O4S/c1-2-26-17(11-22-19(29)13-3-5-14(21)6-4-13)24-25-20(26)32-12-18(28)23-15-7-9-16(10-8-15)27(30)31/h3-10H,2,11-12H2,1H3,(H,22,29)(H,23,28). The summed E-state index contributed by atoms with van der Waals surface area (Å²) in [5.41, 5.74) is 0.710. The van der Waals surface area contributed by atoms with Gasteiger partial charge in [-0.05, 0) is 43.3 Å². The fourth-order valence-electron chi connectivity index (χ4n) is 2.73. The fraction of sp³-hybridized carbons (Fsp3) is 0.200. The van der Waals surface area contributed by atoms with Crippen molar-refractivity contribution >= 4 is 35.0 Å². The molecule has 3 rings (SSSR count). The number of nitro groups is 1. The molecule has 2 amide bonds. The van der Waals surface area contributed by atoms with E-state index in [1.54, 1.807) is 4.57 Å². The van der Waals surface area contributed by atoms with Gasteiger partial charge in [0.2, 0.25) is 5.91 Å². The predicted octanol–water partition coefficient (Wildman–Crippen LogP) is 3.01. The van der Waals surface area contributed by atoms with Gasteiger partial charge >= 0.3 is 0 Å². The van der Waals surface area contributed by atoms with Crippen LogP contribution in [0.4, 0.5) is 15.8 Å². The van der Waals surface area contributed by atoms with Crippen molar-refractivity contribution in [1.82, 2.24) is 20.1 Å². The second-order valence-corrected chi connectivity index (χ2v) is 7.42. The Morgan fingerprint density at radius 3 is 2.44 bits per heavy atom. The molecular weight excluding hydrogens is 439 g/mol. The van der Waals surface area contributed by atoms with Crippen molar-refractivity contribution < 1.29 is 18.9 Å². The average molecular weight is 458 g/mol. The van der Waals surface area contributed by atoms with Crippen LogP contribution in [0.3, 0.4) is 0 Å². The molecule has 2 N–H and O–H groups in total. The first-order valence-electron chi connectivity index (χ1n) is 9.50. The Bertz CT molecular complexity index is 1120. The molecule has 0 aliphatic heterocycles. The van der Waals surface area contributed by atoms with Crippen LogP contribution in [0.2, 0.25) is 0 Å². The molecule has 1 heterocycles. The van der Waals surface area contributed by atoms with E-state index < -0.39 is 10.7 Å². The lowest BCUT2D eigenvalue weighted by atomic mass is 10.2. The topological polar surface area (TPSA) is 132 Å². The second-order valence-electron chi connectivity index (χ2n) is 6.47. The van der Waals surface area contributed by atoms with Crippen molar-refractivity contribution in [2.75, 3.05) is 11.1 Å². The summed E-state index contributed by atoms with van der Waals surface area (Å²) in [6.45, 7) is 2.53. The third-order valence-corrected chi connectivity index (χ3v) is 5.28. The van der Waals surface area contributed by atoms with Gasteiger partial charge in [-0.1, -0.05) is 11.8 Å². The van der Waals surface area contributed by atoms with Crippen molar-refractivity contribution in [2.24, 2.45) is 0 Å². The van der Waals surface area contributed by atoms with Gasteiger partial charge in [0.25, 0.3) is 11.6 Å². The second kappa shape index (κ2) is 10.5. The lowest BCUT2D eigenvalue weighted by Crippen LogP contribution is -2.24. The SMILES string of the molecule is CCn1c(CNC(=O)c2ccc(F)cc2)nnc1SCC(=O)Nc1ccc([N+](=O)[O-])cc1. The van der Waals surface area contributed by atoms with Crippen LogP contribution in [0.15, 0.2) is 53.7 Å². The van der Waals surface area contributed by atoms with Crippen molar-refractivity contribution in [2.45, 2.75) is 25.2 Å². The molecule has 2 aromatic carbocycles. The highest BCUT2D eigenvalue weighted by molar-refractivity contribution is 7.99. The maximum absolute atomic E-state index is 13.0. The van der Waals surface area contributed by atoms with E-state index in [1.165, 1.54) is 60.3 Å². The molecule has 0 bridgehead atoms. The minimum atomic E-state index is -0.515. The van der Waals surface area contributed by atoms with E-state index in [1.807, 2.05) is 6.92 Å². The predicted molar refractivity (Wildman–Crippen MR) is 116 cm³/mol. The fourth-order valence-corrected chi connectivity index (χ4v) is 3.55. The Kier molecular flexibility index (Phi) is 7.49. The van der Waals surface area contributed by atoms with Crippen LogP contribution in [0.1, 0.15) is 23.1 Å². The molecule has 0 radical (unpaired) electrons. The summed E-state index contributed by atoms with van der Waals surface area (Å²) in [4.78, 5) is 34.6. The highest BCUT2D eigenvalue weighted by atomic mass is 32.2. The van der Waals surface area contributed by atoms with Crippen molar-refractivity contribution in [3.8, 4) is 0 Å². The van der Waals surface area contributed by atoms with Crippen LogP contribution in [-0.2, 0) is 17.9 Å². The third kappa shape index (κ3) is 5.88. The Morgan fingerprint density at radius 1 is 1.12 bits per heavy atom. The first-order chi connectivity index (χ1) is 15.4. The summed E-state index contributed by atoms with van der Waals surface area (Å²) in [6.07, 6.45) is 0. The lowest BCUT2D eigenvalue weighted by Gasteiger charge is -2.09. The minimum absolute atomic E-state index is 0.0526. The zero-order chi connectivity index (χ0) is 23.1. The van der Waals surface area contributed by atoms with Crippen LogP contribution >= 0.6 is 11.8 Å². The normalized spacial score (nSPS) is 10.6.